The van der Waals surface area contributed by atoms with E-state index < -0.39 is 0 Å². The number of nitrogens with one attached hydrogen (secondary N) is 1. The molecule has 0 spiro atoms. The van der Waals surface area contributed by atoms with Crippen LogP contribution in [0.4, 0.5) is 0 Å². The highest BCUT2D eigenvalue weighted by Crippen LogP contribution is 2.66. The van der Waals surface area contributed by atoms with Gasteiger partial charge in [0.2, 0.25) is 5.91 Å². The average molecular weight is 514 g/mol. The molecule has 1 N–H and O–H groups in total. The number of fused-ring (bicyclic) bond motifs is 6. The third kappa shape index (κ3) is 4.19. The van der Waals surface area contributed by atoms with Crippen LogP contribution in [-0.4, -0.2) is 18.0 Å². The van der Waals surface area contributed by atoms with Crippen molar-refractivity contribution in [1.82, 2.24) is 5.32 Å². The molecule has 2 aromatic rings. The summed E-state index contributed by atoms with van der Waals surface area (Å²) in [4.78, 5) is 25.3. The fraction of sp³-hybridized carbons (Fsp3) is 0.588. The smallest absolute Gasteiger partial charge is 0.302 e. The van der Waals surface area contributed by atoms with Gasteiger partial charge in [0, 0.05) is 19.3 Å². The van der Waals surface area contributed by atoms with Gasteiger partial charge in [-0.2, -0.15) is 0 Å². The second-order valence-electron chi connectivity index (χ2n) is 13.2. The van der Waals surface area contributed by atoms with Crippen LogP contribution >= 0.6 is 0 Å². The summed E-state index contributed by atoms with van der Waals surface area (Å²) in [6.45, 7) is 8.54. The third-order valence-electron chi connectivity index (χ3n) is 11.3. The van der Waals surface area contributed by atoms with E-state index in [-0.39, 0.29) is 40.8 Å². The van der Waals surface area contributed by atoms with Gasteiger partial charge in [-0.25, -0.2) is 0 Å². The van der Waals surface area contributed by atoms with E-state index in [1.165, 1.54) is 35.3 Å². The Morgan fingerprint density at radius 2 is 1.76 bits per heavy atom. The summed E-state index contributed by atoms with van der Waals surface area (Å²) in [5.74, 6) is 2.12. The van der Waals surface area contributed by atoms with E-state index in [1.54, 1.807) is 0 Å². The van der Waals surface area contributed by atoms with Crippen molar-refractivity contribution in [3.8, 4) is 0 Å². The topological polar surface area (TPSA) is 55.4 Å². The molecular weight excluding hydrogens is 470 g/mol. The number of allylic oxidation sites excluding steroid dienone is 1. The van der Waals surface area contributed by atoms with Gasteiger partial charge in [-0.05, 0) is 103 Å². The Labute approximate surface area is 227 Å². The molecule has 3 fully saturated rings. The zero-order valence-electron chi connectivity index (χ0n) is 23.5. The summed E-state index contributed by atoms with van der Waals surface area (Å²) < 4.78 is 5.61. The number of rotatable bonds is 4. The van der Waals surface area contributed by atoms with Crippen LogP contribution in [0.5, 0.6) is 0 Å². The summed E-state index contributed by atoms with van der Waals surface area (Å²) >= 11 is 0. The molecule has 0 unspecified atom stereocenters. The lowest BCUT2D eigenvalue weighted by Gasteiger charge is -2.58. The van der Waals surface area contributed by atoms with E-state index in [4.69, 9.17) is 4.74 Å². The van der Waals surface area contributed by atoms with Gasteiger partial charge in [-0.15, -0.1) is 0 Å². The number of hydrogen-bond donors (Lipinski definition) is 1. The van der Waals surface area contributed by atoms with Crippen molar-refractivity contribution in [2.45, 2.75) is 91.2 Å². The Bertz CT molecular complexity index is 1280. The van der Waals surface area contributed by atoms with Crippen molar-refractivity contribution in [2.24, 2.45) is 34.5 Å². The van der Waals surface area contributed by atoms with Crippen LogP contribution in [0, 0.1) is 34.5 Å². The van der Waals surface area contributed by atoms with Crippen molar-refractivity contribution in [1.29, 1.82) is 0 Å². The molecule has 0 heterocycles. The summed E-state index contributed by atoms with van der Waals surface area (Å²) in [6.07, 6.45) is 11.1. The second-order valence-corrected chi connectivity index (χ2v) is 13.2. The quantitative estimate of drug-likeness (QED) is 0.340. The Morgan fingerprint density at radius 3 is 2.55 bits per heavy atom. The Hall–Kier alpha value is -2.62. The molecule has 4 aliphatic rings. The van der Waals surface area contributed by atoms with Gasteiger partial charge in [-0.3, -0.25) is 9.59 Å². The molecule has 1 amide bonds. The first kappa shape index (κ1) is 25.6. The molecule has 38 heavy (non-hydrogen) atoms. The maximum absolute atomic E-state index is 13.8. The number of hydrogen-bond acceptors (Lipinski definition) is 3. The molecular formula is C34H43NO3. The normalized spacial score (nSPS) is 36.8. The van der Waals surface area contributed by atoms with Crippen molar-refractivity contribution < 1.29 is 14.3 Å². The molecule has 2 aromatic carbocycles. The van der Waals surface area contributed by atoms with Gasteiger partial charge in [0.15, 0.2) is 0 Å². The van der Waals surface area contributed by atoms with Gasteiger partial charge >= 0.3 is 5.97 Å². The molecule has 4 nitrogen and oxygen atoms in total. The van der Waals surface area contributed by atoms with Gasteiger partial charge in [0.1, 0.15) is 6.10 Å². The fourth-order valence-corrected chi connectivity index (χ4v) is 9.27. The molecule has 0 aromatic heterocycles. The number of carbonyl (C=O) groups excluding carboxylic acids is 2. The van der Waals surface area contributed by atoms with Crippen LogP contribution in [0.3, 0.4) is 0 Å². The van der Waals surface area contributed by atoms with E-state index in [9.17, 15) is 9.59 Å². The summed E-state index contributed by atoms with van der Waals surface area (Å²) in [7, 11) is 0. The molecule has 202 valence electrons. The predicted molar refractivity (Wildman–Crippen MR) is 151 cm³/mol. The standard InChI is InChI=1S/C34H43NO3/c1-21(24-10-9-23-7-5-6-8-25(23)19-24)35-32(37)31-14-13-29-28-12-11-26-20-27(38-22(2)36)15-17-33(26,3)30(28)16-18-34(29,31)4/h5-11,19,21,27-31H,12-18,20H2,1-4H3,(H,35,37)/t21-,27-,28-,29-,30-,31+,33-,34-/m0/s1. The molecule has 4 heteroatoms. The number of benzene rings is 2. The van der Waals surface area contributed by atoms with Crippen molar-refractivity contribution in [3.63, 3.8) is 0 Å². The molecule has 6 rings (SSSR count). The molecule has 8 atom stereocenters. The minimum atomic E-state index is -0.161. The number of amides is 1. The summed E-state index contributed by atoms with van der Waals surface area (Å²) in [6, 6.07) is 14.9. The van der Waals surface area contributed by atoms with E-state index in [1.807, 2.05) is 0 Å². The molecule has 0 aliphatic heterocycles. The SMILES string of the molecule is CC(=O)O[C@H]1CC[C@@]2(C)C(=CC[C@H]3[C@@H]4CC[C@H](C(=O)N[C@@H](C)c5ccc6ccccc6c5)[C@@]4(C)CC[C@@H]32)C1. The largest absolute Gasteiger partial charge is 0.462 e. The predicted octanol–water partition coefficient (Wildman–Crippen LogP) is 7.53. The highest BCUT2D eigenvalue weighted by atomic mass is 16.5. The van der Waals surface area contributed by atoms with E-state index in [2.05, 4.69) is 74.6 Å². The lowest BCUT2D eigenvalue weighted by atomic mass is 9.47. The maximum atomic E-state index is 13.8. The van der Waals surface area contributed by atoms with Gasteiger partial charge in [-0.1, -0.05) is 61.9 Å². The molecule has 4 aliphatic carbocycles. The van der Waals surface area contributed by atoms with Crippen LogP contribution in [0.15, 0.2) is 54.1 Å². The molecule has 0 saturated heterocycles. The number of ether oxygens (including phenoxy) is 1. The monoisotopic (exact) mass is 513 g/mol. The van der Waals surface area contributed by atoms with E-state index in [0.717, 1.165) is 44.9 Å². The highest BCUT2D eigenvalue weighted by molar-refractivity contribution is 5.84. The van der Waals surface area contributed by atoms with Crippen LogP contribution in [0.25, 0.3) is 10.8 Å². The second kappa shape index (κ2) is 9.54. The third-order valence-corrected chi connectivity index (χ3v) is 11.3. The molecule has 0 radical (unpaired) electrons. The zero-order chi connectivity index (χ0) is 26.7. The number of esters is 1. The fourth-order valence-electron chi connectivity index (χ4n) is 9.27. The Balaban J connectivity index is 1.17. The average Bonchev–Trinajstić information content (AvgIpc) is 3.25. The molecule has 0 bridgehead atoms. The van der Waals surface area contributed by atoms with Crippen molar-refractivity contribution in [3.05, 3.63) is 59.7 Å². The minimum absolute atomic E-state index is 0.00224. The van der Waals surface area contributed by atoms with Gasteiger partial charge in [0.25, 0.3) is 0 Å². The lowest BCUT2D eigenvalue weighted by molar-refractivity contribution is -0.149. The highest BCUT2D eigenvalue weighted by Gasteiger charge is 2.60. The van der Waals surface area contributed by atoms with E-state index >= 15 is 0 Å². The van der Waals surface area contributed by atoms with Gasteiger partial charge in [0.05, 0.1) is 6.04 Å². The van der Waals surface area contributed by atoms with E-state index in [0.29, 0.717) is 17.8 Å². The van der Waals surface area contributed by atoms with Crippen LogP contribution in [0.2, 0.25) is 0 Å². The first-order valence-corrected chi connectivity index (χ1v) is 14.8. The van der Waals surface area contributed by atoms with Crippen LogP contribution < -0.4 is 5.32 Å². The van der Waals surface area contributed by atoms with Crippen LogP contribution in [-0.2, 0) is 14.3 Å². The minimum Gasteiger partial charge on any atom is -0.462 e. The van der Waals surface area contributed by atoms with Crippen molar-refractivity contribution in [2.75, 3.05) is 0 Å². The van der Waals surface area contributed by atoms with Crippen molar-refractivity contribution >= 4 is 22.6 Å². The van der Waals surface area contributed by atoms with Crippen LogP contribution in [0.1, 0.15) is 90.7 Å². The first-order valence-electron chi connectivity index (χ1n) is 14.8. The summed E-state index contributed by atoms with van der Waals surface area (Å²) in [5.41, 5.74) is 2.98. The summed E-state index contributed by atoms with van der Waals surface area (Å²) in [5, 5.41) is 5.87. The maximum Gasteiger partial charge on any atom is 0.302 e. The Kier molecular flexibility index (Phi) is 6.44. The lowest BCUT2D eigenvalue weighted by Crippen LogP contribution is -2.52. The van der Waals surface area contributed by atoms with Gasteiger partial charge < -0.3 is 10.1 Å². The number of carbonyl (C=O) groups is 2. The molecule has 3 saturated carbocycles. The first-order chi connectivity index (χ1) is 18.2. The zero-order valence-corrected chi connectivity index (χ0v) is 23.5. The Morgan fingerprint density at radius 1 is 0.974 bits per heavy atom.